The van der Waals surface area contributed by atoms with Gasteiger partial charge in [0.25, 0.3) is 11.8 Å². The molecule has 0 radical (unpaired) electrons. The number of pyridine rings is 2. The van der Waals surface area contributed by atoms with Crippen molar-refractivity contribution < 1.29 is 36.3 Å². The van der Waals surface area contributed by atoms with Crippen molar-refractivity contribution in [3.8, 4) is 43.1 Å². The molecule has 69 heavy (non-hydrogen) atoms. The van der Waals surface area contributed by atoms with E-state index in [-0.39, 0.29) is 10.0 Å². The third kappa shape index (κ3) is 9.75. The summed E-state index contributed by atoms with van der Waals surface area (Å²) >= 11 is 2.45. The lowest BCUT2D eigenvalue weighted by molar-refractivity contribution is 0.101. The van der Waals surface area contributed by atoms with Gasteiger partial charge in [0.1, 0.15) is 40.5 Å². The second-order valence-electron chi connectivity index (χ2n) is 16.5. The van der Waals surface area contributed by atoms with Crippen molar-refractivity contribution >= 4 is 51.7 Å². The van der Waals surface area contributed by atoms with Crippen LogP contribution in [0.3, 0.4) is 0 Å². The first kappa shape index (κ1) is 45.6. The number of nitrogens with zero attached hydrogens (tertiary/aromatic N) is 5. The van der Waals surface area contributed by atoms with Gasteiger partial charge >= 0.3 is 0 Å². The average Bonchev–Trinajstić information content (AvgIpc) is 3.91. The van der Waals surface area contributed by atoms with Gasteiger partial charge in [0.05, 0.1) is 34.4 Å². The number of hydrogen-bond acceptors (Lipinski definition) is 10. The highest BCUT2D eigenvalue weighted by Crippen LogP contribution is 2.41. The third-order valence-corrected chi connectivity index (χ3v) is 14.4. The van der Waals surface area contributed by atoms with Crippen LogP contribution in [0.5, 0.6) is 0 Å². The van der Waals surface area contributed by atoms with E-state index in [9.17, 15) is 31.5 Å². The van der Waals surface area contributed by atoms with Gasteiger partial charge in [-0.1, -0.05) is 36.4 Å². The van der Waals surface area contributed by atoms with Gasteiger partial charge in [0.15, 0.2) is 10.0 Å². The van der Waals surface area contributed by atoms with Gasteiger partial charge in [-0.3, -0.25) is 9.59 Å². The summed E-state index contributed by atoms with van der Waals surface area (Å²) in [5, 5.41) is 4.97. The highest BCUT2D eigenvalue weighted by Gasteiger charge is 2.26. The molecule has 17 heteroatoms. The number of rotatable bonds is 7. The Morgan fingerprint density at radius 1 is 0.551 bits per heavy atom. The number of hydrogen-bond donors (Lipinski definition) is 2. The van der Waals surface area contributed by atoms with Crippen molar-refractivity contribution in [1.82, 2.24) is 19.9 Å². The fraction of sp³-hybridized carbons (Fsp3) is 0.192. The van der Waals surface area contributed by atoms with Crippen LogP contribution in [0, 0.1) is 29.2 Å². The molecule has 3 aliphatic rings. The zero-order chi connectivity index (χ0) is 47.6. The molecule has 0 unspecified atom stereocenters. The molecule has 4 aromatic heterocycles. The molecule has 0 atom stereocenters. The monoisotopic (exact) mass is 969 g/mol. The number of para-hydroxylation sites is 2. The summed E-state index contributed by atoms with van der Waals surface area (Å²) in [6.07, 6.45) is 8.33. The Kier molecular flexibility index (Phi) is 13.1. The minimum atomic E-state index is -0.848. The first-order valence-electron chi connectivity index (χ1n) is 22.2. The summed E-state index contributed by atoms with van der Waals surface area (Å²) in [5.41, 5.74) is 8.64. The van der Waals surface area contributed by atoms with Crippen molar-refractivity contribution in [3.05, 3.63) is 171 Å². The van der Waals surface area contributed by atoms with E-state index < -0.39 is 52.4 Å². The van der Waals surface area contributed by atoms with Crippen molar-refractivity contribution in [3.63, 3.8) is 0 Å². The highest BCUT2D eigenvalue weighted by molar-refractivity contribution is 7.17. The van der Waals surface area contributed by atoms with E-state index in [4.69, 9.17) is 4.74 Å². The largest absolute Gasteiger partial charge is 0.378 e. The fourth-order valence-corrected chi connectivity index (χ4v) is 10.7. The minimum absolute atomic E-state index is 0.138. The fourth-order valence-electron chi connectivity index (χ4n) is 8.57. The molecule has 348 valence electrons. The maximum atomic E-state index is 14.1. The molecule has 8 aromatic rings. The van der Waals surface area contributed by atoms with E-state index in [1.54, 1.807) is 6.07 Å². The lowest BCUT2D eigenvalue weighted by Gasteiger charge is -2.27. The van der Waals surface area contributed by atoms with Crippen molar-refractivity contribution in [2.75, 3.05) is 41.8 Å². The van der Waals surface area contributed by atoms with Gasteiger partial charge in [-0.15, -0.1) is 22.7 Å². The summed E-state index contributed by atoms with van der Waals surface area (Å²) in [5.74, 6) is -4.23. The first-order chi connectivity index (χ1) is 33.6. The molecule has 4 aromatic carbocycles. The molecule has 2 amide bonds. The zero-order valence-corrected chi connectivity index (χ0v) is 38.3. The number of ether oxygens (including phenoxy) is 1. The van der Waals surface area contributed by atoms with Crippen LogP contribution in [-0.2, 0) is 30.4 Å². The number of carbonyl (C=O) groups excluding carboxylic acids is 2. The Morgan fingerprint density at radius 2 is 1.01 bits per heavy atom. The average molecular weight is 970 g/mol. The van der Waals surface area contributed by atoms with Crippen LogP contribution in [0.1, 0.15) is 55.0 Å². The van der Waals surface area contributed by atoms with Gasteiger partial charge in [0.2, 0.25) is 5.95 Å². The zero-order valence-electron chi connectivity index (χ0n) is 36.6. The van der Waals surface area contributed by atoms with E-state index >= 15 is 0 Å². The molecule has 5 heterocycles. The SMILES string of the molecule is O=C(Nc1c(F)cccc1F)c1nc2c(s1)-c1cc(-c3ccc(F)nc3)ccc1CCC2.O=C(Nc1c(F)cccc1F)c1nc2c(s1)-c1cc(-c3ccc(N4CCOCC4)nc3)ccc1CCC2. The van der Waals surface area contributed by atoms with Gasteiger partial charge in [0, 0.05) is 36.6 Å². The number of amides is 2. The quantitative estimate of drug-likeness (QED) is 0.120. The summed E-state index contributed by atoms with van der Waals surface area (Å²) in [7, 11) is 0. The van der Waals surface area contributed by atoms with Crippen LogP contribution in [0.2, 0.25) is 0 Å². The minimum Gasteiger partial charge on any atom is -0.378 e. The number of benzene rings is 4. The van der Waals surface area contributed by atoms with Crippen LogP contribution in [0.25, 0.3) is 43.1 Å². The topological polar surface area (TPSA) is 122 Å². The highest BCUT2D eigenvalue weighted by atomic mass is 32.1. The Morgan fingerprint density at radius 3 is 1.46 bits per heavy atom. The van der Waals surface area contributed by atoms with Gasteiger partial charge in [-0.05, 0) is 133 Å². The van der Waals surface area contributed by atoms with E-state index in [0.717, 1.165) is 135 Å². The molecule has 1 fully saturated rings. The number of carbonyl (C=O) groups is 2. The van der Waals surface area contributed by atoms with E-state index in [0.29, 0.717) is 19.6 Å². The molecule has 1 saturated heterocycles. The molecule has 0 spiro atoms. The Labute approximate surface area is 400 Å². The molecular formula is C52H40F5N7O3S2. The lowest BCUT2D eigenvalue weighted by atomic mass is 9.98. The van der Waals surface area contributed by atoms with Crippen LogP contribution >= 0.6 is 22.7 Å². The number of fused-ring (bicyclic) bond motifs is 6. The second-order valence-corrected chi connectivity index (χ2v) is 18.5. The number of morpholine rings is 1. The maximum Gasteiger partial charge on any atom is 0.284 e. The first-order valence-corrected chi connectivity index (χ1v) is 23.9. The number of thiazole rings is 2. The Bertz CT molecular complexity index is 3190. The smallest absolute Gasteiger partial charge is 0.284 e. The lowest BCUT2D eigenvalue weighted by Crippen LogP contribution is -2.36. The number of nitrogens with one attached hydrogen (secondary N) is 2. The van der Waals surface area contributed by atoms with Crippen molar-refractivity contribution in [2.24, 2.45) is 0 Å². The maximum absolute atomic E-state index is 14.1. The van der Waals surface area contributed by atoms with E-state index in [1.807, 2.05) is 30.5 Å². The van der Waals surface area contributed by atoms with Gasteiger partial charge in [-0.2, -0.15) is 4.39 Å². The number of aryl methyl sites for hydroxylation is 4. The summed E-state index contributed by atoms with van der Waals surface area (Å²) in [4.78, 5) is 47.0. The molecule has 1 aliphatic heterocycles. The molecule has 11 rings (SSSR count). The Hall–Kier alpha value is -7.21. The van der Waals surface area contributed by atoms with E-state index in [2.05, 4.69) is 59.7 Å². The van der Waals surface area contributed by atoms with E-state index in [1.165, 1.54) is 52.6 Å². The normalized spacial score (nSPS) is 13.9. The molecule has 0 saturated carbocycles. The third-order valence-electron chi connectivity index (χ3n) is 12.1. The standard InChI is InChI=1S/C28H24F2N4O2S.C24H16F3N3OS/c29-21-4-2-5-22(30)25(21)33-27(35)28-32-23-6-1-3-17-7-8-18(15-20(17)26(23)37-28)19-9-10-24(31-16-19)34-11-13-36-14-12-34;25-17-4-2-5-18(26)21(17)30-23(31)24-29-19-6-1-3-13-7-8-14(11-16(13)22(19)32-24)15-9-10-20(27)28-12-15/h2,4-5,7-10,15-16H,1,3,6,11-14H2,(H,33,35);2,4-5,7-12H,1,3,6H2,(H,30,31). The molecule has 2 N–H and O–H groups in total. The summed E-state index contributed by atoms with van der Waals surface area (Å²) in [6.45, 7) is 3.08. The van der Waals surface area contributed by atoms with Crippen LogP contribution < -0.4 is 15.5 Å². The summed E-state index contributed by atoms with van der Waals surface area (Å²) < 4.78 is 74.6. The van der Waals surface area contributed by atoms with Crippen molar-refractivity contribution in [1.29, 1.82) is 0 Å². The van der Waals surface area contributed by atoms with Crippen LogP contribution in [-0.4, -0.2) is 58.1 Å². The van der Waals surface area contributed by atoms with Gasteiger partial charge in [-0.25, -0.2) is 37.5 Å². The van der Waals surface area contributed by atoms with Crippen molar-refractivity contribution in [2.45, 2.75) is 38.5 Å². The second kappa shape index (κ2) is 19.8. The number of aromatic nitrogens is 4. The molecule has 2 aliphatic carbocycles. The number of halogens is 5. The molecule has 10 nitrogen and oxygen atoms in total. The molecular weight excluding hydrogens is 930 g/mol. The van der Waals surface area contributed by atoms with Gasteiger partial charge < -0.3 is 20.3 Å². The molecule has 0 bridgehead atoms. The number of anilines is 3. The summed E-state index contributed by atoms with van der Waals surface area (Å²) in [6, 6.07) is 26.3. The van der Waals surface area contributed by atoms with Crippen LogP contribution in [0.15, 0.2) is 109 Å². The predicted molar refractivity (Wildman–Crippen MR) is 257 cm³/mol. The van der Waals surface area contributed by atoms with Crippen LogP contribution in [0.4, 0.5) is 39.1 Å². The predicted octanol–water partition coefficient (Wildman–Crippen LogP) is 11.8. The Balaban J connectivity index is 0.000000162.